The first-order valence-electron chi connectivity index (χ1n) is 8.19. The average Bonchev–Trinajstić information content (AvgIpc) is 3.21. The molecule has 1 saturated carbocycles. The Labute approximate surface area is 136 Å². The second kappa shape index (κ2) is 5.92. The van der Waals surface area contributed by atoms with Gasteiger partial charge < -0.3 is 10.6 Å². The van der Waals surface area contributed by atoms with Crippen molar-refractivity contribution in [1.29, 1.82) is 0 Å². The molecule has 2 aliphatic rings. The summed E-state index contributed by atoms with van der Waals surface area (Å²) in [6.07, 6.45) is 6.63. The predicted molar refractivity (Wildman–Crippen MR) is 93.6 cm³/mol. The van der Waals surface area contributed by atoms with Gasteiger partial charge in [0.2, 0.25) is 5.91 Å². The second-order valence-corrected chi connectivity index (χ2v) is 6.44. The van der Waals surface area contributed by atoms with E-state index in [0.717, 1.165) is 29.9 Å². The first-order chi connectivity index (χ1) is 11.3. The number of carbonyl (C=O) groups is 1. The van der Waals surface area contributed by atoms with E-state index >= 15 is 0 Å². The lowest BCUT2D eigenvalue weighted by atomic mass is 9.93. The van der Waals surface area contributed by atoms with E-state index in [1.54, 1.807) is 0 Å². The molecule has 2 N–H and O–H groups in total. The van der Waals surface area contributed by atoms with Gasteiger partial charge in [0.05, 0.1) is 0 Å². The number of para-hydroxylation sites is 1. The Kier molecular flexibility index (Phi) is 3.62. The first kappa shape index (κ1) is 14.1. The predicted octanol–water partition coefficient (Wildman–Crippen LogP) is 4.58. The Morgan fingerprint density at radius 1 is 0.826 bits per heavy atom. The number of benzene rings is 2. The number of fused-ring (bicyclic) bond motifs is 2. The minimum atomic E-state index is 0.145. The van der Waals surface area contributed by atoms with Crippen molar-refractivity contribution in [2.45, 2.75) is 12.8 Å². The topological polar surface area (TPSA) is 41.1 Å². The fourth-order valence-electron chi connectivity index (χ4n) is 3.64. The van der Waals surface area contributed by atoms with Crippen LogP contribution < -0.4 is 10.6 Å². The van der Waals surface area contributed by atoms with Crippen LogP contribution in [0.1, 0.15) is 12.8 Å². The van der Waals surface area contributed by atoms with E-state index in [2.05, 4.69) is 22.8 Å². The molecule has 1 fully saturated rings. The summed E-state index contributed by atoms with van der Waals surface area (Å²) in [5, 5.41) is 6.40. The fraction of sp³-hybridized carbons (Fsp3) is 0.250. The van der Waals surface area contributed by atoms with E-state index in [-0.39, 0.29) is 11.8 Å². The van der Waals surface area contributed by atoms with Gasteiger partial charge in [-0.1, -0.05) is 30.4 Å². The Balaban J connectivity index is 1.38. The van der Waals surface area contributed by atoms with Crippen LogP contribution in [0.3, 0.4) is 0 Å². The van der Waals surface area contributed by atoms with Crippen LogP contribution in [-0.2, 0) is 4.79 Å². The summed E-state index contributed by atoms with van der Waals surface area (Å²) in [4.78, 5) is 12.4. The summed E-state index contributed by atoms with van der Waals surface area (Å²) in [7, 11) is 0. The molecular formula is C20H20N2O. The van der Waals surface area contributed by atoms with E-state index in [9.17, 15) is 4.79 Å². The largest absolute Gasteiger partial charge is 0.356 e. The maximum Gasteiger partial charge on any atom is 0.228 e. The van der Waals surface area contributed by atoms with Crippen molar-refractivity contribution in [3.05, 3.63) is 66.7 Å². The van der Waals surface area contributed by atoms with E-state index in [4.69, 9.17) is 0 Å². The van der Waals surface area contributed by atoms with Gasteiger partial charge in [0.1, 0.15) is 0 Å². The number of carbonyl (C=O) groups excluding carboxylic acids is 1. The minimum Gasteiger partial charge on any atom is -0.356 e. The highest BCUT2D eigenvalue weighted by Gasteiger charge is 2.39. The molecule has 116 valence electrons. The van der Waals surface area contributed by atoms with Gasteiger partial charge >= 0.3 is 0 Å². The molecule has 23 heavy (non-hydrogen) atoms. The van der Waals surface area contributed by atoms with Crippen molar-refractivity contribution in [2.24, 2.45) is 17.8 Å². The SMILES string of the molecule is O=C(Nc1ccc(Nc2ccccc2)cc1)C1CC2C=CC1C2. The van der Waals surface area contributed by atoms with Crippen molar-refractivity contribution in [2.75, 3.05) is 10.6 Å². The highest BCUT2D eigenvalue weighted by molar-refractivity contribution is 5.93. The lowest BCUT2D eigenvalue weighted by Crippen LogP contribution is -2.25. The fourth-order valence-corrected chi connectivity index (χ4v) is 3.64. The van der Waals surface area contributed by atoms with Gasteiger partial charge in [-0.25, -0.2) is 0 Å². The molecule has 3 atom stereocenters. The van der Waals surface area contributed by atoms with Crippen LogP contribution in [0.2, 0.25) is 0 Å². The van der Waals surface area contributed by atoms with Crippen LogP contribution in [0.5, 0.6) is 0 Å². The van der Waals surface area contributed by atoms with Crippen molar-refractivity contribution in [3.8, 4) is 0 Å². The summed E-state index contributed by atoms with van der Waals surface area (Å²) in [6.45, 7) is 0. The maximum atomic E-state index is 12.4. The van der Waals surface area contributed by atoms with E-state index in [0.29, 0.717) is 11.8 Å². The van der Waals surface area contributed by atoms with Crippen LogP contribution in [-0.4, -0.2) is 5.91 Å². The second-order valence-electron chi connectivity index (χ2n) is 6.44. The van der Waals surface area contributed by atoms with Gasteiger partial charge in [-0.3, -0.25) is 4.79 Å². The molecule has 0 aliphatic heterocycles. The highest BCUT2D eigenvalue weighted by atomic mass is 16.1. The molecule has 3 unspecified atom stereocenters. The summed E-state index contributed by atoms with van der Waals surface area (Å²) in [6, 6.07) is 17.9. The third kappa shape index (κ3) is 3.00. The van der Waals surface area contributed by atoms with Gasteiger partial charge in [-0.2, -0.15) is 0 Å². The van der Waals surface area contributed by atoms with Gasteiger partial charge in [0.25, 0.3) is 0 Å². The number of rotatable bonds is 4. The average molecular weight is 304 g/mol. The monoisotopic (exact) mass is 304 g/mol. The van der Waals surface area contributed by atoms with Gasteiger partial charge in [0.15, 0.2) is 0 Å². The summed E-state index contributed by atoms with van der Waals surface area (Å²) in [5.74, 6) is 1.37. The smallest absolute Gasteiger partial charge is 0.228 e. The van der Waals surface area contributed by atoms with Crippen molar-refractivity contribution in [1.82, 2.24) is 0 Å². The molecular weight excluding hydrogens is 284 g/mol. The molecule has 0 aromatic heterocycles. The molecule has 2 aliphatic carbocycles. The summed E-state index contributed by atoms with van der Waals surface area (Å²) >= 11 is 0. The molecule has 0 radical (unpaired) electrons. The van der Waals surface area contributed by atoms with Crippen molar-refractivity contribution < 1.29 is 4.79 Å². The van der Waals surface area contributed by atoms with Gasteiger partial charge in [-0.05, 0) is 61.1 Å². The molecule has 2 aromatic rings. The number of nitrogens with one attached hydrogen (secondary N) is 2. The quantitative estimate of drug-likeness (QED) is 0.812. The molecule has 0 spiro atoms. The number of allylic oxidation sites excluding steroid dienone is 2. The highest BCUT2D eigenvalue weighted by Crippen LogP contribution is 2.43. The molecule has 3 heteroatoms. The molecule has 3 nitrogen and oxygen atoms in total. The van der Waals surface area contributed by atoms with Gasteiger partial charge in [-0.15, -0.1) is 0 Å². The Morgan fingerprint density at radius 2 is 1.52 bits per heavy atom. The zero-order valence-corrected chi connectivity index (χ0v) is 12.9. The standard InChI is InChI=1S/C20H20N2O/c23-20(19-13-14-6-7-15(19)12-14)22-18-10-8-17(9-11-18)21-16-4-2-1-3-5-16/h1-11,14-15,19,21H,12-13H2,(H,22,23). The molecule has 0 heterocycles. The van der Waals surface area contributed by atoms with Crippen LogP contribution in [0.25, 0.3) is 0 Å². The molecule has 2 aromatic carbocycles. The third-order valence-electron chi connectivity index (χ3n) is 4.83. The Hall–Kier alpha value is -2.55. The number of hydrogen-bond acceptors (Lipinski definition) is 2. The zero-order chi connectivity index (χ0) is 15.6. The number of amides is 1. The number of anilines is 3. The Bertz CT molecular complexity index is 721. The lowest BCUT2D eigenvalue weighted by molar-refractivity contribution is -0.120. The maximum absolute atomic E-state index is 12.4. The molecule has 1 amide bonds. The Morgan fingerprint density at radius 3 is 2.17 bits per heavy atom. The summed E-state index contributed by atoms with van der Waals surface area (Å²) in [5.41, 5.74) is 2.93. The van der Waals surface area contributed by atoms with Crippen molar-refractivity contribution in [3.63, 3.8) is 0 Å². The van der Waals surface area contributed by atoms with Crippen LogP contribution in [0, 0.1) is 17.8 Å². The van der Waals surface area contributed by atoms with E-state index in [1.807, 2.05) is 54.6 Å². The van der Waals surface area contributed by atoms with Gasteiger partial charge in [0, 0.05) is 23.0 Å². The zero-order valence-electron chi connectivity index (χ0n) is 12.9. The van der Waals surface area contributed by atoms with E-state index < -0.39 is 0 Å². The first-order valence-corrected chi connectivity index (χ1v) is 8.19. The number of hydrogen-bond donors (Lipinski definition) is 2. The normalized spacial score (nSPS) is 24.6. The van der Waals surface area contributed by atoms with Crippen LogP contribution in [0.15, 0.2) is 66.7 Å². The molecule has 4 rings (SSSR count). The molecule has 2 bridgehead atoms. The third-order valence-corrected chi connectivity index (χ3v) is 4.83. The minimum absolute atomic E-state index is 0.145. The molecule has 0 saturated heterocycles. The summed E-state index contributed by atoms with van der Waals surface area (Å²) < 4.78 is 0. The van der Waals surface area contributed by atoms with E-state index in [1.165, 1.54) is 0 Å². The van der Waals surface area contributed by atoms with Crippen LogP contribution >= 0.6 is 0 Å². The van der Waals surface area contributed by atoms with Crippen LogP contribution in [0.4, 0.5) is 17.1 Å². The van der Waals surface area contributed by atoms with Crippen molar-refractivity contribution >= 4 is 23.0 Å². The lowest BCUT2D eigenvalue weighted by Gasteiger charge is -2.17.